The van der Waals surface area contributed by atoms with Crippen molar-refractivity contribution < 1.29 is 14.6 Å². The number of ether oxygens (including phenoxy) is 1. The zero-order valence-corrected chi connectivity index (χ0v) is 23.4. The highest BCUT2D eigenvalue weighted by molar-refractivity contribution is 7.99. The van der Waals surface area contributed by atoms with Crippen LogP contribution in [-0.2, 0) is 4.79 Å². The summed E-state index contributed by atoms with van der Waals surface area (Å²) in [5.74, 6) is 1.17. The average molecular weight is 565 g/mol. The van der Waals surface area contributed by atoms with Gasteiger partial charge >= 0.3 is 0 Å². The van der Waals surface area contributed by atoms with E-state index in [0.717, 1.165) is 35.8 Å². The lowest BCUT2D eigenvalue weighted by molar-refractivity contribution is -0.118. The van der Waals surface area contributed by atoms with Gasteiger partial charge in [-0.25, -0.2) is 5.43 Å². The van der Waals surface area contributed by atoms with Gasteiger partial charge in [0.1, 0.15) is 11.5 Å². The molecule has 4 rings (SSSR count). The number of rotatable bonds is 11. The number of halogens is 1. The Labute approximate surface area is 236 Å². The molecular formula is C28H29ClN6O3S. The number of nitrogens with one attached hydrogen (secondary N) is 1. The van der Waals surface area contributed by atoms with Gasteiger partial charge in [0, 0.05) is 46.7 Å². The highest BCUT2D eigenvalue weighted by atomic mass is 35.5. The number of anilines is 1. The van der Waals surface area contributed by atoms with Crippen molar-refractivity contribution in [1.29, 1.82) is 0 Å². The van der Waals surface area contributed by atoms with E-state index >= 15 is 0 Å². The summed E-state index contributed by atoms with van der Waals surface area (Å²) in [7, 11) is 1.61. The minimum absolute atomic E-state index is 0.0541. The van der Waals surface area contributed by atoms with E-state index < -0.39 is 0 Å². The number of phenolic OH excluding ortho intramolecular Hbond substituents is 1. The van der Waals surface area contributed by atoms with Gasteiger partial charge in [0.05, 0.1) is 19.1 Å². The zero-order chi connectivity index (χ0) is 27.8. The number of amides is 1. The minimum Gasteiger partial charge on any atom is -0.507 e. The number of nitrogens with zero attached hydrogens (tertiary/aromatic N) is 5. The minimum atomic E-state index is -0.327. The molecule has 4 aromatic rings. The molecule has 1 amide bonds. The average Bonchev–Trinajstić information content (AvgIpc) is 3.38. The fourth-order valence-corrected chi connectivity index (χ4v) is 4.75. The van der Waals surface area contributed by atoms with Crippen molar-refractivity contribution in [3.63, 3.8) is 0 Å². The van der Waals surface area contributed by atoms with E-state index in [0.29, 0.717) is 21.6 Å². The van der Waals surface area contributed by atoms with Gasteiger partial charge < -0.3 is 14.7 Å². The van der Waals surface area contributed by atoms with Crippen molar-refractivity contribution in [2.75, 3.05) is 30.9 Å². The number of methoxy groups -OCH3 is 1. The summed E-state index contributed by atoms with van der Waals surface area (Å²) < 4.78 is 7.13. The number of carbonyl (C=O) groups excluding carboxylic acids is 1. The number of aromatic nitrogens is 3. The lowest BCUT2D eigenvalue weighted by atomic mass is 10.2. The predicted molar refractivity (Wildman–Crippen MR) is 156 cm³/mol. The van der Waals surface area contributed by atoms with Gasteiger partial charge in [0.15, 0.2) is 11.0 Å². The number of phenols is 1. The van der Waals surface area contributed by atoms with Gasteiger partial charge in [-0.15, -0.1) is 10.2 Å². The third-order valence-corrected chi connectivity index (χ3v) is 7.12. The van der Waals surface area contributed by atoms with Crippen LogP contribution in [0.25, 0.3) is 17.1 Å². The molecule has 9 nitrogen and oxygen atoms in total. The van der Waals surface area contributed by atoms with Crippen LogP contribution < -0.4 is 15.1 Å². The highest BCUT2D eigenvalue weighted by Crippen LogP contribution is 2.29. The Morgan fingerprint density at radius 2 is 1.82 bits per heavy atom. The van der Waals surface area contributed by atoms with Crippen LogP contribution in [0, 0.1) is 0 Å². The first-order valence-corrected chi connectivity index (χ1v) is 13.7. The molecule has 0 aliphatic heterocycles. The maximum Gasteiger partial charge on any atom is 0.250 e. The van der Waals surface area contributed by atoms with E-state index in [1.165, 1.54) is 18.0 Å². The topological polar surface area (TPSA) is 105 Å². The van der Waals surface area contributed by atoms with E-state index in [9.17, 15) is 9.90 Å². The highest BCUT2D eigenvalue weighted by Gasteiger charge is 2.17. The van der Waals surface area contributed by atoms with E-state index in [1.54, 1.807) is 31.4 Å². The Kier molecular flexibility index (Phi) is 9.45. The van der Waals surface area contributed by atoms with Crippen molar-refractivity contribution in [3.05, 3.63) is 77.3 Å². The Bertz CT molecular complexity index is 1440. The third kappa shape index (κ3) is 6.90. The van der Waals surface area contributed by atoms with E-state index in [2.05, 4.69) is 39.5 Å². The molecule has 0 aliphatic rings. The second-order valence-electron chi connectivity index (χ2n) is 8.34. The monoisotopic (exact) mass is 564 g/mol. The van der Waals surface area contributed by atoms with Crippen LogP contribution in [0.15, 0.2) is 77.0 Å². The number of hydrogen-bond donors (Lipinski definition) is 2. The summed E-state index contributed by atoms with van der Waals surface area (Å²) in [5.41, 5.74) is 5.58. The molecule has 3 aromatic carbocycles. The Balaban J connectivity index is 1.46. The maximum atomic E-state index is 12.5. The quantitative estimate of drug-likeness (QED) is 0.143. The van der Waals surface area contributed by atoms with Crippen molar-refractivity contribution in [3.8, 4) is 28.6 Å². The smallest absolute Gasteiger partial charge is 0.250 e. The number of hydrogen-bond acceptors (Lipinski definition) is 8. The first-order valence-electron chi connectivity index (χ1n) is 12.3. The van der Waals surface area contributed by atoms with Crippen molar-refractivity contribution in [1.82, 2.24) is 20.2 Å². The van der Waals surface area contributed by atoms with Gasteiger partial charge in [-0.3, -0.25) is 9.36 Å². The van der Waals surface area contributed by atoms with Crippen LogP contribution in [0.5, 0.6) is 11.5 Å². The molecule has 2 N–H and O–H groups in total. The van der Waals surface area contributed by atoms with Crippen LogP contribution in [0.2, 0.25) is 5.02 Å². The number of thioether (sulfide) groups is 1. The molecule has 0 aliphatic carbocycles. The van der Waals surface area contributed by atoms with Gasteiger partial charge in [0.2, 0.25) is 0 Å². The van der Waals surface area contributed by atoms with Crippen LogP contribution in [0.4, 0.5) is 5.69 Å². The van der Waals surface area contributed by atoms with Crippen LogP contribution in [0.3, 0.4) is 0 Å². The summed E-state index contributed by atoms with van der Waals surface area (Å²) in [5, 5.41) is 24.2. The number of benzene rings is 3. The molecule has 0 atom stereocenters. The number of hydrazone groups is 1. The first kappa shape index (κ1) is 28.0. The molecule has 0 spiro atoms. The summed E-state index contributed by atoms with van der Waals surface area (Å²) in [4.78, 5) is 14.7. The van der Waals surface area contributed by atoms with Crippen LogP contribution in [-0.4, -0.2) is 57.9 Å². The molecule has 202 valence electrons. The Morgan fingerprint density at radius 3 is 2.46 bits per heavy atom. The number of aromatic hydroxyl groups is 1. The van der Waals surface area contributed by atoms with Gasteiger partial charge in [-0.2, -0.15) is 5.10 Å². The molecule has 1 heterocycles. The van der Waals surface area contributed by atoms with E-state index in [-0.39, 0.29) is 17.4 Å². The SMILES string of the molecule is CCN(CC)c1ccc(/C=N\NC(=O)CSc2nnc(-c3ccc(OC)cc3)n2-c2ccc(Cl)cc2)c(O)c1. The molecule has 0 unspecified atom stereocenters. The van der Waals surface area contributed by atoms with Gasteiger partial charge in [0.25, 0.3) is 5.91 Å². The van der Waals surface area contributed by atoms with Crippen molar-refractivity contribution >= 4 is 41.2 Å². The maximum absolute atomic E-state index is 12.5. The normalized spacial score (nSPS) is 11.1. The zero-order valence-electron chi connectivity index (χ0n) is 21.8. The predicted octanol–water partition coefficient (Wildman–Crippen LogP) is 5.39. The molecule has 0 fully saturated rings. The molecule has 39 heavy (non-hydrogen) atoms. The second kappa shape index (κ2) is 13.2. The van der Waals surface area contributed by atoms with Crippen LogP contribution >= 0.6 is 23.4 Å². The fraction of sp³-hybridized carbons (Fsp3) is 0.214. The van der Waals surface area contributed by atoms with Gasteiger partial charge in [-0.05, 0) is 74.5 Å². The largest absolute Gasteiger partial charge is 0.507 e. The second-order valence-corrected chi connectivity index (χ2v) is 9.72. The van der Waals surface area contributed by atoms with Crippen molar-refractivity contribution in [2.45, 2.75) is 19.0 Å². The Morgan fingerprint density at radius 1 is 1.10 bits per heavy atom. The van der Waals surface area contributed by atoms with E-state index in [4.69, 9.17) is 16.3 Å². The molecule has 0 saturated carbocycles. The molecule has 1 aromatic heterocycles. The third-order valence-electron chi connectivity index (χ3n) is 5.93. The molecule has 0 bridgehead atoms. The van der Waals surface area contributed by atoms with Crippen molar-refractivity contribution in [2.24, 2.45) is 5.10 Å². The Hall–Kier alpha value is -4.02. The first-order chi connectivity index (χ1) is 18.9. The molecule has 0 radical (unpaired) electrons. The molecule has 0 saturated heterocycles. The molecule has 11 heteroatoms. The summed E-state index contributed by atoms with van der Waals surface area (Å²) >= 11 is 7.33. The summed E-state index contributed by atoms with van der Waals surface area (Å²) in [6.45, 7) is 5.79. The molecular weight excluding hydrogens is 536 g/mol. The number of carbonyl (C=O) groups is 1. The standard InChI is InChI=1S/C28H29ClN6O3S/c1-4-34(5-2)23-11-6-20(25(36)16-23)17-30-31-26(37)18-39-28-33-32-27(19-7-14-24(38-3)15-8-19)35(28)22-12-9-21(29)10-13-22/h6-17,36H,4-5,18H2,1-3H3,(H,31,37)/b30-17-. The van der Waals surface area contributed by atoms with E-state index in [1.807, 2.05) is 47.0 Å². The fourth-order valence-electron chi connectivity index (χ4n) is 3.88. The van der Waals surface area contributed by atoms with Gasteiger partial charge in [-0.1, -0.05) is 23.4 Å². The lowest BCUT2D eigenvalue weighted by Gasteiger charge is -2.21. The van der Waals surface area contributed by atoms with Crippen LogP contribution in [0.1, 0.15) is 19.4 Å². The summed E-state index contributed by atoms with van der Waals surface area (Å²) in [6.07, 6.45) is 1.42. The lowest BCUT2D eigenvalue weighted by Crippen LogP contribution is -2.21. The summed E-state index contributed by atoms with van der Waals surface area (Å²) in [6, 6.07) is 20.2.